The highest BCUT2D eigenvalue weighted by Gasteiger charge is 2.14. The molecule has 0 aliphatic carbocycles. The maximum Gasteiger partial charge on any atom is 0.0915 e. The van der Waals surface area contributed by atoms with E-state index in [1.165, 1.54) is 11.7 Å². The van der Waals surface area contributed by atoms with Gasteiger partial charge < -0.3 is 5.32 Å². The van der Waals surface area contributed by atoms with E-state index in [-0.39, 0.29) is 6.04 Å². The third-order valence-electron chi connectivity index (χ3n) is 2.80. The van der Waals surface area contributed by atoms with E-state index in [0.717, 1.165) is 30.6 Å². The number of benzene rings is 1. The quantitative estimate of drug-likeness (QED) is 0.871. The molecular formula is C13H15Cl2N3S. The molecule has 2 rings (SSSR count). The molecule has 0 saturated carbocycles. The van der Waals surface area contributed by atoms with Gasteiger partial charge in [0.1, 0.15) is 0 Å². The SMILES string of the molecule is CCCNC(Cc1ccc(Cl)c(Cl)c1)c1cnsn1. The second kappa shape index (κ2) is 7.20. The highest BCUT2D eigenvalue weighted by molar-refractivity contribution is 6.99. The van der Waals surface area contributed by atoms with E-state index in [1.54, 1.807) is 0 Å². The summed E-state index contributed by atoms with van der Waals surface area (Å²) in [5.41, 5.74) is 2.11. The van der Waals surface area contributed by atoms with Crippen LogP contribution in [0.4, 0.5) is 0 Å². The molecule has 6 heteroatoms. The minimum Gasteiger partial charge on any atom is -0.308 e. The predicted octanol–water partition coefficient (Wildman–Crippen LogP) is 4.13. The summed E-state index contributed by atoms with van der Waals surface area (Å²) >= 11 is 13.2. The molecule has 3 nitrogen and oxygen atoms in total. The average molecular weight is 316 g/mol. The Kier molecular flexibility index (Phi) is 5.58. The van der Waals surface area contributed by atoms with Crippen molar-refractivity contribution < 1.29 is 0 Å². The second-order valence-electron chi connectivity index (χ2n) is 4.29. The van der Waals surface area contributed by atoms with Crippen molar-refractivity contribution in [2.45, 2.75) is 25.8 Å². The monoisotopic (exact) mass is 315 g/mol. The fraction of sp³-hybridized carbons (Fsp3) is 0.385. The van der Waals surface area contributed by atoms with Gasteiger partial charge in [-0.1, -0.05) is 36.2 Å². The van der Waals surface area contributed by atoms with Crippen LogP contribution < -0.4 is 5.32 Å². The van der Waals surface area contributed by atoms with Crippen LogP contribution in [0.5, 0.6) is 0 Å². The predicted molar refractivity (Wildman–Crippen MR) is 81.1 cm³/mol. The molecule has 0 fully saturated rings. The minimum atomic E-state index is 0.163. The fourth-order valence-electron chi connectivity index (χ4n) is 1.83. The number of aromatic nitrogens is 2. The number of halogens is 2. The summed E-state index contributed by atoms with van der Waals surface area (Å²) in [5.74, 6) is 0. The first-order chi connectivity index (χ1) is 9.20. The Morgan fingerprint density at radius 3 is 2.79 bits per heavy atom. The molecule has 102 valence electrons. The van der Waals surface area contributed by atoms with Crippen molar-refractivity contribution in [3.05, 3.63) is 45.7 Å². The Morgan fingerprint density at radius 2 is 2.16 bits per heavy atom. The van der Waals surface area contributed by atoms with Crippen LogP contribution in [0.1, 0.15) is 30.6 Å². The molecule has 1 heterocycles. The lowest BCUT2D eigenvalue weighted by molar-refractivity contribution is 0.521. The van der Waals surface area contributed by atoms with Crippen LogP contribution in [0.3, 0.4) is 0 Å². The normalized spacial score (nSPS) is 12.6. The Labute approximate surface area is 127 Å². The number of hydrogen-bond acceptors (Lipinski definition) is 4. The maximum absolute atomic E-state index is 6.05. The standard InChI is InChI=1S/C13H15Cl2N3S/c1-2-5-16-12(13-8-17-19-18-13)7-9-3-4-10(14)11(15)6-9/h3-4,6,8,12,16H,2,5,7H2,1H3. The number of nitrogens with one attached hydrogen (secondary N) is 1. The molecule has 1 aromatic carbocycles. The van der Waals surface area contributed by atoms with Crippen molar-refractivity contribution >= 4 is 34.9 Å². The van der Waals surface area contributed by atoms with Gasteiger partial charge in [-0.3, -0.25) is 0 Å². The molecule has 1 atom stereocenters. The summed E-state index contributed by atoms with van der Waals surface area (Å²) in [7, 11) is 0. The molecule has 2 aromatic rings. The van der Waals surface area contributed by atoms with Gasteiger partial charge in [-0.15, -0.1) is 0 Å². The summed E-state index contributed by atoms with van der Waals surface area (Å²) < 4.78 is 8.38. The molecule has 0 saturated heterocycles. The molecule has 0 radical (unpaired) electrons. The first-order valence-electron chi connectivity index (χ1n) is 6.15. The molecule has 0 amide bonds. The lowest BCUT2D eigenvalue weighted by Gasteiger charge is -2.16. The van der Waals surface area contributed by atoms with Crippen LogP contribution in [-0.2, 0) is 6.42 Å². The van der Waals surface area contributed by atoms with Crippen molar-refractivity contribution in [3.63, 3.8) is 0 Å². The van der Waals surface area contributed by atoms with Crippen LogP contribution in [0.25, 0.3) is 0 Å². The Balaban J connectivity index is 2.13. The van der Waals surface area contributed by atoms with Gasteiger partial charge in [0.2, 0.25) is 0 Å². The summed E-state index contributed by atoms with van der Waals surface area (Å²) in [4.78, 5) is 0. The molecule has 0 aliphatic rings. The zero-order chi connectivity index (χ0) is 13.7. The number of rotatable bonds is 6. The van der Waals surface area contributed by atoms with Crippen LogP contribution in [0.15, 0.2) is 24.4 Å². The summed E-state index contributed by atoms with van der Waals surface area (Å²) in [6, 6.07) is 5.89. The van der Waals surface area contributed by atoms with Crippen LogP contribution in [-0.4, -0.2) is 15.3 Å². The Bertz CT molecular complexity index is 517. The molecule has 0 spiro atoms. The van der Waals surface area contributed by atoms with E-state index in [2.05, 4.69) is 21.0 Å². The van der Waals surface area contributed by atoms with E-state index in [4.69, 9.17) is 23.2 Å². The highest BCUT2D eigenvalue weighted by Crippen LogP contribution is 2.25. The van der Waals surface area contributed by atoms with Gasteiger partial charge in [0, 0.05) is 0 Å². The van der Waals surface area contributed by atoms with E-state index >= 15 is 0 Å². The zero-order valence-corrected chi connectivity index (χ0v) is 12.9. The fourth-order valence-corrected chi connectivity index (χ4v) is 2.62. The lowest BCUT2D eigenvalue weighted by Crippen LogP contribution is -2.24. The van der Waals surface area contributed by atoms with Crippen molar-refractivity contribution in [2.24, 2.45) is 0 Å². The largest absolute Gasteiger partial charge is 0.308 e. The van der Waals surface area contributed by atoms with Gasteiger partial charge in [0.25, 0.3) is 0 Å². The summed E-state index contributed by atoms with van der Waals surface area (Å²) in [6.45, 7) is 3.09. The molecular weight excluding hydrogens is 301 g/mol. The van der Waals surface area contributed by atoms with Crippen molar-refractivity contribution in [3.8, 4) is 0 Å². The number of hydrogen-bond donors (Lipinski definition) is 1. The Morgan fingerprint density at radius 1 is 1.32 bits per heavy atom. The van der Waals surface area contributed by atoms with E-state index in [1.807, 2.05) is 24.4 Å². The van der Waals surface area contributed by atoms with E-state index in [0.29, 0.717) is 10.0 Å². The van der Waals surface area contributed by atoms with Gasteiger partial charge in [-0.25, -0.2) is 0 Å². The first kappa shape index (κ1) is 14.7. The van der Waals surface area contributed by atoms with Gasteiger partial charge >= 0.3 is 0 Å². The lowest BCUT2D eigenvalue weighted by atomic mass is 10.0. The second-order valence-corrected chi connectivity index (χ2v) is 5.66. The average Bonchev–Trinajstić information content (AvgIpc) is 2.92. The Hall–Kier alpha value is -0.680. The summed E-state index contributed by atoms with van der Waals surface area (Å²) in [5, 5.41) is 4.65. The van der Waals surface area contributed by atoms with Crippen molar-refractivity contribution in [1.82, 2.24) is 14.1 Å². The molecule has 1 unspecified atom stereocenters. The van der Waals surface area contributed by atoms with Gasteiger partial charge in [-0.2, -0.15) is 8.75 Å². The third-order valence-corrected chi connectivity index (χ3v) is 4.03. The van der Waals surface area contributed by atoms with Crippen molar-refractivity contribution in [2.75, 3.05) is 6.54 Å². The topological polar surface area (TPSA) is 37.8 Å². The van der Waals surface area contributed by atoms with Gasteiger partial charge in [0.05, 0.1) is 39.7 Å². The van der Waals surface area contributed by atoms with Crippen LogP contribution in [0.2, 0.25) is 10.0 Å². The molecule has 0 aliphatic heterocycles. The van der Waals surface area contributed by atoms with Crippen molar-refractivity contribution in [1.29, 1.82) is 0 Å². The summed E-state index contributed by atoms with van der Waals surface area (Å²) in [6.07, 6.45) is 3.72. The smallest absolute Gasteiger partial charge is 0.0915 e. The van der Waals surface area contributed by atoms with Crippen LogP contribution >= 0.6 is 34.9 Å². The third kappa shape index (κ3) is 4.14. The molecule has 1 N–H and O–H groups in total. The molecule has 0 bridgehead atoms. The maximum atomic E-state index is 6.05. The minimum absolute atomic E-state index is 0.163. The van der Waals surface area contributed by atoms with E-state index in [9.17, 15) is 0 Å². The number of nitrogens with zero attached hydrogens (tertiary/aromatic N) is 2. The van der Waals surface area contributed by atoms with Crippen LogP contribution in [0, 0.1) is 0 Å². The highest BCUT2D eigenvalue weighted by atomic mass is 35.5. The molecule has 1 aromatic heterocycles. The first-order valence-corrected chi connectivity index (χ1v) is 7.64. The van der Waals surface area contributed by atoms with E-state index < -0.39 is 0 Å². The zero-order valence-electron chi connectivity index (χ0n) is 10.6. The molecule has 19 heavy (non-hydrogen) atoms. The van der Waals surface area contributed by atoms with Gasteiger partial charge in [-0.05, 0) is 37.1 Å². The van der Waals surface area contributed by atoms with Gasteiger partial charge in [0.15, 0.2) is 0 Å².